The molecule has 2 saturated carbocycles. The van der Waals surface area contributed by atoms with E-state index < -0.39 is 12.7 Å². The molecule has 1 heterocycles. The van der Waals surface area contributed by atoms with Gasteiger partial charge in [0.15, 0.2) is 12.0 Å². The summed E-state index contributed by atoms with van der Waals surface area (Å²) in [4.78, 5) is 18.6. The second-order valence-electron chi connectivity index (χ2n) is 9.05. The van der Waals surface area contributed by atoms with Gasteiger partial charge in [0, 0.05) is 7.05 Å². The number of likely N-dealkylation sites (N-methyl/N-ethyl adjacent to an activating group) is 1. The van der Waals surface area contributed by atoms with Gasteiger partial charge in [-0.2, -0.15) is 8.78 Å². The number of benzene rings is 1. The van der Waals surface area contributed by atoms with E-state index in [0.717, 1.165) is 42.7 Å². The van der Waals surface area contributed by atoms with Crippen LogP contribution in [-0.4, -0.2) is 36.5 Å². The Morgan fingerprint density at radius 3 is 2.47 bits per heavy atom. The number of hydrogen-bond donors (Lipinski definition) is 1. The predicted octanol–water partition coefficient (Wildman–Crippen LogP) is 4.20. The number of amides is 1. The first-order valence-corrected chi connectivity index (χ1v) is 11.1. The zero-order chi connectivity index (χ0) is 21.3. The molecule has 1 atom stereocenters. The Morgan fingerprint density at radius 1 is 1.17 bits per heavy atom. The van der Waals surface area contributed by atoms with Gasteiger partial charge >= 0.3 is 6.61 Å². The predicted molar refractivity (Wildman–Crippen MR) is 111 cm³/mol. The molecule has 3 aliphatic rings. The fraction of sp³-hybridized carbons (Fsp3) is 0.652. The van der Waals surface area contributed by atoms with Crippen molar-refractivity contribution in [2.24, 2.45) is 22.6 Å². The molecule has 0 saturated heterocycles. The number of halogens is 2. The number of nitrogens with two attached hydrogens (primary N) is 1. The maximum atomic E-state index is 12.7. The molecule has 1 amide bonds. The summed E-state index contributed by atoms with van der Waals surface area (Å²) in [6.07, 6.45) is 8.35. The number of aryl methyl sites for hydroxylation is 1. The van der Waals surface area contributed by atoms with Crippen LogP contribution >= 0.6 is 0 Å². The highest BCUT2D eigenvalue weighted by atomic mass is 19.3. The lowest BCUT2D eigenvalue weighted by Crippen LogP contribution is -2.34. The average molecular weight is 420 g/mol. The van der Waals surface area contributed by atoms with Crippen LogP contribution in [0.3, 0.4) is 0 Å². The Hall–Kier alpha value is -2.02. The molecule has 1 aromatic rings. The Morgan fingerprint density at radius 2 is 1.87 bits per heavy atom. The van der Waals surface area contributed by atoms with Crippen LogP contribution in [0.15, 0.2) is 23.2 Å². The van der Waals surface area contributed by atoms with E-state index in [0.29, 0.717) is 18.8 Å². The third-order valence-corrected chi connectivity index (χ3v) is 6.81. The van der Waals surface area contributed by atoms with Gasteiger partial charge in [0.25, 0.3) is 5.91 Å². The summed E-state index contributed by atoms with van der Waals surface area (Å²) in [5.74, 6) is 1.41. The summed E-state index contributed by atoms with van der Waals surface area (Å²) in [5, 5.41) is 0. The van der Waals surface area contributed by atoms with Gasteiger partial charge < -0.3 is 10.5 Å². The van der Waals surface area contributed by atoms with Gasteiger partial charge in [0.1, 0.15) is 0 Å². The van der Waals surface area contributed by atoms with Crippen LogP contribution in [0, 0.1) is 11.8 Å². The largest absolute Gasteiger partial charge is 0.369 e. The van der Waals surface area contributed by atoms with Gasteiger partial charge in [-0.05, 0) is 73.5 Å². The second kappa shape index (κ2) is 9.00. The number of ether oxygens (including phenoxy) is 1. The highest BCUT2D eigenvalue weighted by molar-refractivity contribution is 6.04. The first-order valence-electron chi connectivity index (χ1n) is 11.1. The molecule has 1 aromatic carbocycles. The molecule has 5 nitrogen and oxygen atoms in total. The molecular formula is C23H31F2N3O2. The van der Waals surface area contributed by atoms with Crippen molar-refractivity contribution >= 4 is 11.9 Å². The van der Waals surface area contributed by atoms with Crippen LogP contribution in [0.2, 0.25) is 0 Å². The zero-order valence-corrected chi connectivity index (χ0v) is 17.5. The molecule has 2 aliphatic carbocycles. The first-order chi connectivity index (χ1) is 14.4. The summed E-state index contributed by atoms with van der Waals surface area (Å²) < 4.78 is 29.6. The van der Waals surface area contributed by atoms with Crippen molar-refractivity contribution in [2.45, 2.75) is 76.5 Å². The molecule has 164 valence electrons. The minimum atomic E-state index is -2.70. The lowest BCUT2D eigenvalue weighted by molar-refractivity contribution is -0.171. The van der Waals surface area contributed by atoms with Crippen molar-refractivity contribution in [2.75, 3.05) is 7.05 Å². The molecule has 2 fully saturated rings. The molecule has 7 heteroatoms. The molecule has 2 N–H and O–H groups in total. The number of aliphatic imine (C=N–C) groups is 1. The summed E-state index contributed by atoms with van der Waals surface area (Å²) in [7, 11) is 1.65. The average Bonchev–Trinajstić information content (AvgIpc) is 3.51. The van der Waals surface area contributed by atoms with Gasteiger partial charge in [-0.1, -0.05) is 31.0 Å². The Bertz CT molecular complexity index is 802. The molecular weight excluding hydrogens is 388 g/mol. The Kier molecular flexibility index (Phi) is 6.37. The zero-order valence-electron chi connectivity index (χ0n) is 17.5. The topological polar surface area (TPSA) is 67.9 Å². The number of guanidine groups is 1. The lowest BCUT2D eigenvalue weighted by Gasteiger charge is -2.29. The summed E-state index contributed by atoms with van der Waals surface area (Å²) in [6.45, 7) is -2.70. The van der Waals surface area contributed by atoms with E-state index in [2.05, 4.69) is 27.9 Å². The molecule has 1 unspecified atom stereocenters. The third-order valence-electron chi connectivity index (χ3n) is 6.81. The van der Waals surface area contributed by atoms with Crippen molar-refractivity contribution in [3.63, 3.8) is 0 Å². The van der Waals surface area contributed by atoms with Crippen molar-refractivity contribution in [3.05, 3.63) is 34.9 Å². The fourth-order valence-corrected chi connectivity index (χ4v) is 4.72. The molecule has 1 aliphatic heterocycles. The fourth-order valence-electron chi connectivity index (χ4n) is 4.72. The van der Waals surface area contributed by atoms with Crippen molar-refractivity contribution < 1.29 is 18.3 Å². The van der Waals surface area contributed by atoms with Gasteiger partial charge in [0.05, 0.1) is 6.10 Å². The molecule has 0 bridgehead atoms. The van der Waals surface area contributed by atoms with Gasteiger partial charge in [-0.15, -0.1) is 0 Å². The highest BCUT2D eigenvalue weighted by Gasteiger charge is 2.34. The van der Waals surface area contributed by atoms with Crippen LogP contribution < -0.4 is 5.73 Å². The first kappa shape index (κ1) is 21.2. The number of rotatable bonds is 8. The highest BCUT2D eigenvalue weighted by Crippen LogP contribution is 2.36. The van der Waals surface area contributed by atoms with Crippen molar-refractivity contribution in [3.8, 4) is 0 Å². The lowest BCUT2D eigenvalue weighted by atomic mass is 9.81. The Balaban J connectivity index is 1.49. The van der Waals surface area contributed by atoms with Gasteiger partial charge in [0.2, 0.25) is 0 Å². The van der Waals surface area contributed by atoms with Crippen molar-refractivity contribution in [1.82, 2.24) is 4.90 Å². The van der Waals surface area contributed by atoms with E-state index >= 15 is 0 Å². The van der Waals surface area contributed by atoms with Gasteiger partial charge in [-0.3, -0.25) is 9.69 Å². The smallest absolute Gasteiger partial charge is 0.345 e. The summed E-state index contributed by atoms with van der Waals surface area (Å²) in [5.41, 5.74) is 9.22. The van der Waals surface area contributed by atoms with E-state index in [4.69, 9.17) is 5.73 Å². The summed E-state index contributed by atoms with van der Waals surface area (Å²) in [6, 6.07) is 5.87. The molecule has 4 rings (SSSR count). The summed E-state index contributed by atoms with van der Waals surface area (Å²) >= 11 is 0. The van der Waals surface area contributed by atoms with E-state index in [1.54, 1.807) is 7.05 Å². The van der Waals surface area contributed by atoms with E-state index in [1.165, 1.54) is 29.7 Å². The maximum absolute atomic E-state index is 12.7. The quantitative estimate of drug-likeness (QED) is 0.687. The van der Waals surface area contributed by atoms with Gasteiger partial charge in [-0.25, -0.2) is 4.99 Å². The van der Waals surface area contributed by atoms with E-state index in [1.807, 2.05) is 0 Å². The molecule has 0 aromatic heterocycles. The number of alkyl halides is 2. The standard InChI is InChI=1S/C23H31F2N3O2/c1-28-21(29)20(27-23(28)26)19-13-16(5-4-14-2-3-14)6-9-17(19)12-15-7-10-18(11-8-15)30-22(24)25/h6,9,13-15,18,20,22H,2-5,7-8,10-12H2,1H3,(H2,26,27). The minimum absolute atomic E-state index is 0.0952. The normalized spacial score (nSPS) is 27.1. The molecule has 30 heavy (non-hydrogen) atoms. The van der Waals surface area contributed by atoms with Crippen LogP contribution in [-0.2, 0) is 22.4 Å². The second-order valence-corrected chi connectivity index (χ2v) is 9.05. The minimum Gasteiger partial charge on any atom is -0.369 e. The van der Waals surface area contributed by atoms with Crippen LogP contribution in [0.5, 0.6) is 0 Å². The van der Waals surface area contributed by atoms with Crippen LogP contribution in [0.25, 0.3) is 0 Å². The number of nitrogens with zero attached hydrogens (tertiary/aromatic N) is 2. The monoisotopic (exact) mass is 419 g/mol. The number of carbonyl (C=O) groups excluding carboxylic acids is 1. The SMILES string of the molecule is CN1C(=O)C(c2cc(CCC3CC3)ccc2CC2CCC(OC(F)F)CC2)N=C1N. The Labute approximate surface area is 176 Å². The van der Waals surface area contributed by atoms with Crippen LogP contribution in [0.1, 0.15) is 67.7 Å². The molecule has 0 spiro atoms. The van der Waals surface area contributed by atoms with Crippen molar-refractivity contribution in [1.29, 1.82) is 0 Å². The van der Waals surface area contributed by atoms with E-state index in [9.17, 15) is 13.6 Å². The molecule has 0 radical (unpaired) electrons. The van der Waals surface area contributed by atoms with Crippen LogP contribution in [0.4, 0.5) is 8.78 Å². The number of carbonyl (C=O) groups is 1. The maximum Gasteiger partial charge on any atom is 0.345 e. The number of hydrogen-bond acceptors (Lipinski definition) is 4. The van der Waals surface area contributed by atoms with E-state index in [-0.39, 0.29) is 18.0 Å². The third kappa shape index (κ3) is 4.99.